The zero-order chi connectivity index (χ0) is 22.9. The highest BCUT2D eigenvalue weighted by molar-refractivity contribution is 6.11. The first kappa shape index (κ1) is 21.5. The van der Waals surface area contributed by atoms with Crippen LogP contribution in [-0.4, -0.2) is 35.3 Å². The molecule has 0 unspecified atom stereocenters. The first-order valence-electron chi connectivity index (χ1n) is 9.22. The fourth-order valence-electron chi connectivity index (χ4n) is 3.31. The molecule has 0 saturated carbocycles. The number of hydrogen-bond donors (Lipinski definition) is 0. The number of para-hydroxylation sites is 1. The normalized spacial score (nSPS) is 13.4. The predicted molar refractivity (Wildman–Crippen MR) is 103 cm³/mol. The van der Waals surface area contributed by atoms with E-state index in [1.54, 1.807) is 12.1 Å². The largest absolute Gasteiger partial charge is 0.483 e. The third kappa shape index (κ3) is 4.46. The molecule has 11 heteroatoms. The number of benzene rings is 1. The summed E-state index contributed by atoms with van der Waals surface area (Å²) in [5.41, 5.74) is 1.76. The van der Waals surface area contributed by atoms with E-state index < -0.39 is 19.4 Å². The van der Waals surface area contributed by atoms with E-state index in [1.807, 2.05) is 0 Å². The molecule has 0 fully saturated rings. The summed E-state index contributed by atoms with van der Waals surface area (Å²) < 4.78 is 71.7. The van der Waals surface area contributed by atoms with Crippen LogP contribution < -0.4 is 14.4 Å². The van der Waals surface area contributed by atoms with Crippen molar-refractivity contribution in [3.63, 3.8) is 0 Å². The van der Waals surface area contributed by atoms with Gasteiger partial charge >= 0.3 is 12.8 Å². The van der Waals surface area contributed by atoms with Crippen LogP contribution in [0.15, 0.2) is 54.9 Å². The molecule has 1 aliphatic heterocycles. The Morgan fingerprint density at radius 1 is 1.03 bits per heavy atom. The molecule has 166 valence electrons. The van der Waals surface area contributed by atoms with Crippen LogP contribution in [-0.2, 0) is 6.54 Å². The van der Waals surface area contributed by atoms with Gasteiger partial charge in [-0.3, -0.25) is 9.78 Å². The Hall–Kier alpha value is -3.76. The van der Waals surface area contributed by atoms with Crippen LogP contribution in [0.3, 0.4) is 0 Å². The Balaban J connectivity index is 1.65. The van der Waals surface area contributed by atoms with Gasteiger partial charge in [0.1, 0.15) is 5.75 Å². The molecule has 1 aliphatic rings. The van der Waals surface area contributed by atoms with Crippen molar-refractivity contribution in [2.24, 2.45) is 0 Å². The molecule has 3 heterocycles. The Labute approximate surface area is 178 Å². The van der Waals surface area contributed by atoms with Gasteiger partial charge in [-0.15, -0.1) is 0 Å². The molecule has 3 aromatic rings. The summed E-state index contributed by atoms with van der Waals surface area (Å²) in [7, 11) is 0. The van der Waals surface area contributed by atoms with Crippen LogP contribution in [0.2, 0.25) is 0 Å². The molecule has 2 aromatic heterocycles. The third-order valence-electron chi connectivity index (χ3n) is 4.62. The molecule has 0 saturated heterocycles. The van der Waals surface area contributed by atoms with Gasteiger partial charge in [-0.25, -0.2) is 4.98 Å². The number of anilines is 1. The van der Waals surface area contributed by atoms with Gasteiger partial charge in [0, 0.05) is 29.0 Å². The van der Waals surface area contributed by atoms with Crippen molar-refractivity contribution in [2.45, 2.75) is 19.3 Å². The van der Waals surface area contributed by atoms with Gasteiger partial charge in [0.2, 0.25) is 5.88 Å². The average molecular weight is 451 g/mol. The van der Waals surface area contributed by atoms with Crippen LogP contribution in [0, 0.1) is 0 Å². The summed E-state index contributed by atoms with van der Waals surface area (Å²) in [6.07, 6.45) is -1.91. The van der Waals surface area contributed by atoms with Crippen molar-refractivity contribution in [3.05, 3.63) is 66.0 Å². The lowest BCUT2D eigenvalue weighted by molar-refractivity contribution is -0.153. The van der Waals surface area contributed by atoms with Gasteiger partial charge in [0.15, 0.2) is 6.61 Å². The minimum atomic E-state index is -4.51. The SMILES string of the molecule is O=C1c2ccnc(-c3ccccc3OCC(F)(F)F)c2CN1c1ccc(OC(F)F)nc1. The highest BCUT2D eigenvalue weighted by atomic mass is 19.4. The molecule has 4 rings (SSSR count). The monoisotopic (exact) mass is 451 g/mol. The Morgan fingerprint density at radius 2 is 1.81 bits per heavy atom. The van der Waals surface area contributed by atoms with E-state index in [0.29, 0.717) is 28.1 Å². The molecular formula is C21H14F5N3O3. The molecule has 0 atom stereocenters. The molecule has 1 aromatic carbocycles. The third-order valence-corrected chi connectivity index (χ3v) is 4.62. The molecule has 0 N–H and O–H groups in total. The van der Waals surface area contributed by atoms with E-state index in [-0.39, 0.29) is 24.1 Å². The van der Waals surface area contributed by atoms with Crippen molar-refractivity contribution in [2.75, 3.05) is 11.5 Å². The summed E-state index contributed by atoms with van der Waals surface area (Å²) in [6, 6.07) is 10.2. The van der Waals surface area contributed by atoms with Crippen molar-refractivity contribution >= 4 is 11.6 Å². The summed E-state index contributed by atoms with van der Waals surface area (Å²) in [5, 5.41) is 0. The summed E-state index contributed by atoms with van der Waals surface area (Å²) in [4.78, 5) is 22.3. The maximum atomic E-state index is 12.9. The first-order valence-corrected chi connectivity index (χ1v) is 9.22. The lowest BCUT2D eigenvalue weighted by Crippen LogP contribution is -2.23. The van der Waals surface area contributed by atoms with E-state index in [9.17, 15) is 26.7 Å². The number of fused-ring (bicyclic) bond motifs is 1. The second kappa shape index (κ2) is 8.40. The molecule has 0 bridgehead atoms. The number of aromatic nitrogens is 2. The highest BCUT2D eigenvalue weighted by Gasteiger charge is 2.33. The number of hydrogen-bond acceptors (Lipinski definition) is 5. The minimum absolute atomic E-state index is 0.0215. The number of carbonyl (C=O) groups is 1. The predicted octanol–water partition coefficient (Wildman–Crippen LogP) is 4.85. The van der Waals surface area contributed by atoms with Gasteiger partial charge in [-0.05, 0) is 24.3 Å². The van der Waals surface area contributed by atoms with Gasteiger partial charge in [-0.2, -0.15) is 22.0 Å². The zero-order valence-corrected chi connectivity index (χ0v) is 16.1. The Bertz CT molecular complexity index is 1140. The minimum Gasteiger partial charge on any atom is -0.483 e. The van der Waals surface area contributed by atoms with Crippen LogP contribution in [0.4, 0.5) is 27.6 Å². The van der Waals surface area contributed by atoms with Crippen molar-refractivity contribution in [3.8, 4) is 22.9 Å². The van der Waals surface area contributed by atoms with E-state index in [2.05, 4.69) is 14.7 Å². The lowest BCUT2D eigenvalue weighted by Gasteiger charge is -2.16. The molecular weight excluding hydrogens is 437 g/mol. The Morgan fingerprint density at radius 3 is 2.50 bits per heavy atom. The number of alkyl halides is 5. The van der Waals surface area contributed by atoms with Gasteiger partial charge in [0.05, 0.1) is 24.1 Å². The maximum absolute atomic E-state index is 12.9. The topological polar surface area (TPSA) is 64.5 Å². The van der Waals surface area contributed by atoms with E-state index in [4.69, 9.17) is 4.74 Å². The lowest BCUT2D eigenvalue weighted by atomic mass is 10.0. The van der Waals surface area contributed by atoms with E-state index in [0.717, 1.165) is 0 Å². The molecule has 0 aliphatic carbocycles. The van der Waals surface area contributed by atoms with E-state index >= 15 is 0 Å². The second-order valence-corrected chi connectivity index (χ2v) is 6.71. The quantitative estimate of drug-likeness (QED) is 0.502. The van der Waals surface area contributed by atoms with Crippen molar-refractivity contribution in [1.82, 2.24) is 9.97 Å². The summed E-state index contributed by atoms with van der Waals surface area (Å²) in [6.45, 7) is -4.44. The molecule has 0 spiro atoms. The standard InChI is InChI=1S/C21H14F5N3O3/c22-20(23)32-17-6-5-12(9-28-17)29-10-15-13(19(29)30)7-8-27-18(15)14-3-1-2-4-16(14)31-11-21(24,25)26/h1-9,20H,10-11H2. The first-order chi connectivity index (χ1) is 15.2. The molecule has 0 radical (unpaired) electrons. The second-order valence-electron chi connectivity index (χ2n) is 6.71. The van der Waals surface area contributed by atoms with Crippen LogP contribution in [0.25, 0.3) is 11.3 Å². The molecule has 1 amide bonds. The number of amides is 1. The number of halogens is 5. The number of rotatable bonds is 6. The number of carbonyl (C=O) groups excluding carboxylic acids is 1. The number of pyridine rings is 2. The molecule has 6 nitrogen and oxygen atoms in total. The van der Waals surface area contributed by atoms with Crippen molar-refractivity contribution in [1.29, 1.82) is 0 Å². The summed E-state index contributed by atoms with van der Waals surface area (Å²) in [5.74, 6) is -0.709. The Kier molecular flexibility index (Phi) is 5.64. The van der Waals surface area contributed by atoms with Gasteiger partial charge in [-0.1, -0.05) is 12.1 Å². The maximum Gasteiger partial charge on any atom is 0.422 e. The molecule has 32 heavy (non-hydrogen) atoms. The highest BCUT2D eigenvalue weighted by Crippen LogP contribution is 2.37. The fourth-order valence-corrected chi connectivity index (χ4v) is 3.31. The van der Waals surface area contributed by atoms with E-state index in [1.165, 1.54) is 47.6 Å². The van der Waals surface area contributed by atoms with Crippen LogP contribution >= 0.6 is 0 Å². The van der Waals surface area contributed by atoms with Crippen molar-refractivity contribution < 1.29 is 36.2 Å². The average Bonchev–Trinajstić information content (AvgIpc) is 3.09. The fraction of sp³-hybridized carbons (Fsp3) is 0.190. The zero-order valence-electron chi connectivity index (χ0n) is 16.1. The summed E-state index contributed by atoms with van der Waals surface area (Å²) >= 11 is 0. The number of ether oxygens (including phenoxy) is 2. The number of nitrogens with zero attached hydrogens (tertiary/aromatic N) is 3. The van der Waals surface area contributed by atoms with Gasteiger partial charge < -0.3 is 14.4 Å². The van der Waals surface area contributed by atoms with Crippen LogP contribution in [0.1, 0.15) is 15.9 Å². The van der Waals surface area contributed by atoms with Crippen LogP contribution in [0.5, 0.6) is 11.6 Å². The smallest absolute Gasteiger partial charge is 0.422 e. The van der Waals surface area contributed by atoms with Gasteiger partial charge in [0.25, 0.3) is 5.91 Å².